The van der Waals surface area contributed by atoms with Crippen molar-refractivity contribution in [2.45, 2.75) is 128 Å². The molecule has 2 aromatic heterocycles. The maximum Gasteiger partial charge on any atom is 0.167 e. The van der Waals surface area contributed by atoms with Crippen LogP contribution in [0.15, 0.2) is 91.0 Å². The van der Waals surface area contributed by atoms with E-state index in [2.05, 4.69) is 133 Å². The monoisotopic (exact) mass is 766 g/mol. The second kappa shape index (κ2) is 14.9. The number of hydrogen-bond acceptors (Lipinski definition) is 7. The number of hydrogen-bond donors (Lipinski definition) is 0. The molecule has 4 heterocycles. The van der Waals surface area contributed by atoms with Crippen LogP contribution in [0.5, 0.6) is 0 Å². The highest BCUT2D eigenvalue weighted by Gasteiger charge is 2.59. The summed E-state index contributed by atoms with van der Waals surface area (Å²) in [5, 5.41) is 0.361. The Labute approximate surface area is 326 Å². The van der Waals surface area contributed by atoms with Gasteiger partial charge < -0.3 is 18.9 Å². The number of benzene rings is 3. The fraction of sp³-hybridized carbons (Fsp3) is 0.477. The lowest BCUT2D eigenvalue weighted by molar-refractivity contribution is -0.204. The Balaban J connectivity index is 1.40. The molecule has 5 aromatic rings. The third-order valence-corrected chi connectivity index (χ3v) is 18.8. The molecule has 54 heavy (non-hydrogen) atoms. The van der Waals surface area contributed by atoms with Crippen molar-refractivity contribution in [3.05, 3.63) is 119 Å². The molecule has 0 bridgehead atoms. The SMILES string of the molecule is CC(C)c1nc(Cl)c2nc([Si](C(C)C)(C(C)C)C(C)C)n([C@@H]3O[C@H](COC(c4ccccc4)(c4ccccc4)c4ccccc4)[C@H]4OC(C)(C)O[C@H]43)c2n1. The van der Waals surface area contributed by atoms with E-state index in [0.29, 0.717) is 38.8 Å². The molecule has 0 unspecified atom stereocenters. The normalized spacial score (nSPS) is 21.6. The molecule has 0 spiro atoms. The molecule has 2 fully saturated rings. The molecule has 4 atom stereocenters. The summed E-state index contributed by atoms with van der Waals surface area (Å²) < 4.78 is 30.4. The van der Waals surface area contributed by atoms with Gasteiger partial charge >= 0.3 is 0 Å². The number of nitrogens with zero attached hydrogens (tertiary/aromatic N) is 4. The van der Waals surface area contributed by atoms with Gasteiger partial charge in [0.2, 0.25) is 0 Å². The van der Waals surface area contributed by atoms with Crippen molar-refractivity contribution in [1.29, 1.82) is 0 Å². The van der Waals surface area contributed by atoms with Gasteiger partial charge in [-0.15, -0.1) is 0 Å². The van der Waals surface area contributed by atoms with Crippen LogP contribution in [0.25, 0.3) is 11.2 Å². The number of halogens is 1. The van der Waals surface area contributed by atoms with Gasteiger partial charge in [-0.2, -0.15) is 0 Å². The second-order valence-electron chi connectivity index (χ2n) is 16.6. The van der Waals surface area contributed by atoms with Crippen LogP contribution >= 0.6 is 11.6 Å². The molecule has 8 nitrogen and oxygen atoms in total. The minimum atomic E-state index is -2.43. The van der Waals surface area contributed by atoms with Gasteiger partial charge in [-0.25, -0.2) is 15.0 Å². The van der Waals surface area contributed by atoms with Crippen molar-refractivity contribution in [2.24, 2.45) is 0 Å². The topological polar surface area (TPSA) is 80.5 Å². The van der Waals surface area contributed by atoms with Crippen LogP contribution in [0.2, 0.25) is 21.8 Å². The molecule has 7 rings (SSSR count). The first-order chi connectivity index (χ1) is 25.7. The second-order valence-corrected chi connectivity index (χ2v) is 22.8. The van der Waals surface area contributed by atoms with Gasteiger partial charge in [-0.05, 0) is 47.2 Å². The smallest absolute Gasteiger partial charge is 0.167 e. The molecular formula is C44H55ClN4O4Si. The van der Waals surface area contributed by atoms with E-state index in [1.54, 1.807) is 0 Å². The highest BCUT2D eigenvalue weighted by atomic mass is 35.5. The molecule has 10 heteroatoms. The van der Waals surface area contributed by atoms with E-state index in [-0.39, 0.29) is 12.5 Å². The molecule has 0 N–H and O–H groups in total. The first-order valence-electron chi connectivity index (χ1n) is 19.5. The number of imidazole rings is 1. The highest BCUT2D eigenvalue weighted by molar-refractivity contribution is 6.94. The van der Waals surface area contributed by atoms with E-state index in [0.717, 1.165) is 22.1 Å². The summed E-state index contributed by atoms with van der Waals surface area (Å²) in [6.07, 6.45) is -1.97. The largest absolute Gasteiger partial charge is 0.358 e. The molecule has 0 radical (unpaired) electrons. The summed E-state index contributed by atoms with van der Waals surface area (Å²) in [5.74, 6) is -0.116. The molecule has 2 aliphatic rings. The van der Waals surface area contributed by atoms with E-state index < -0.39 is 44.0 Å². The average Bonchev–Trinajstić information content (AvgIpc) is 3.78. The Morgan fingerprint density at radius 2 is 1.20 bits per heavy atom. The Morgan fingerprint density at radius 1 is 0.722 bits per heavy atom. The molecule has 2 aliphatic heterocycles. The number of fused-ring (bicyclic) bond motifs is 2. The fourth-order valence-corrected chi connectivity index (χ4v) is 16.2. The van der Waals surface area contributed by atoms with Gasteiger partial charge in [0.25, 0.3) is 0 Å². The van der Waals surface area contributed by atoms with Crippen LogP contribution in [0.3, 0.4) is 0 Å². The Morgan fingerprint density at radius 3 is 1.67 bits per heavy atom. The zero-order valence-electron chi connectivity index (χ0n) is 33.3. The van der Waals surface area contributed by atoms with Gasteiger partial charge in [0.05, 0.1) is 12.1 Å². The predicted octanol–water partition coefficient (Wildman–Crippen LogP) is 9.92. The van der Waals surface area contributed by atoms with Crippen molar-refractivity contribution < 1.29 is 18.9 Å². The van der Waals surface area contributed by atoms with Gasteiger partial charge in [-0.3, -0.25) is 4.57 Å². The Hall–Kier alpha value is -3.44. The fourth-order valence-electron chi connectivity index (χ4n) is 9.51. The lowest BCUT2D eigenvalue weighted by Crippen LogP contribution is -2.60. The van der Waals surface area contributed by atoms with Crippen LogP contribution in [-0.2, 0) is 24.5 Å². The zero-order chi connectivity index (χ0) is 38.6. The molecule has 3 aromatic carbocycles. The minimum absolute atomic E-state index is 0.0615. The van der Waals surface area contributed by atoms with Gasteiger partial charge in [0.15, 0.2) is 22.8 Å². The number of rotatable bonds is 12. The van der Waals surface area contributed by atoms with Crippen molar-refractivity contribution in [2.75, 3.05) is 6.61 Å². The van der Waals surface area contributed by atoms with Crippen LogP contribution in [0, 0.1) is 0 Å². The van der Waals surface area contributed by atoms with Crippen molar-refractivity contribution in [1.82, 2.24) is 19.5 Å². The van der Waals surface area contributed by atoms with Crippen molar-refractivity contribution in [3.8, 4) is 0 Å². The average molecular weight is 767 g/mol. The highest BCUT2D eigenvalue weighted by Crippen LogP contribution is 2.48. The standard InChI is InChI=1S/C44H55ClN4O4Si/c1-27(2)39-47-38(45)35-40(48-39)49(42(46-35)54(28(3)4,29(5)6)30(7)8)41-37-36(52-43(9,10)53-37)34(51-41)26-50-44(31-20-14-11-15-21-31,32-22-16-12-17-23-32)33-24-18-13-19-25-33/h11-25,27-30,34,36-37,41H,26H2,1-10H3/t34-,36-,37-,41-/m1/s1. The Bertz CT molecular complexity index is 1940. The van der Waals surface area contributed by atoms with Crippen LogP contribution in [0.1, 0.15) is 104 Å². The number of ether oxygens (including phenoxy) is 4. The van der Waals surface area contributed by atoms with Crippen molar-refractivity contribution in [3.63, 3.8) is 0 Å². The first kappa shape index (κ1) is 38.8. The summed E-state index contributed by atoms with van der Waals surface area (Å²) in [6, 6.07) is 31.3. The summed E-state index contributed by atoms with van der Waals surface area (Å²) in [5.41, 5.74) is 5.52. The lowest BCUT2D eigenvalue weighted by atomic mass is 9.80. The Kier molecular flexibility index (Phi) is 10.7. The van der Waals surface area contributed by atoms with Crippen LogP contribution in [0.4, 0.5) is 0 Å². The van der Waals surface area contributed by atoms with Crippen LogP contribution in [-0.4, -0.2) is 58.3 Å². The molecular weight excluding hydrogens is 712 g/mol. The molecule has 0 amide bonds. The molecule has 2 saturated heterocycles. The lowest BCUT2D eigenvalue weighted by Gasteiger charge is -2.43. The van der Waals surface area contributed by atoms with Crippen LogP contribution < -0.4 is 5.45 Å². The molecule has 0 aliphatic carbocycles. The van der Waals surface area contributed by atoms with Gasteiger partial charge in [0, 0.05) is 5.92 Å². The summed E-state index contributed by atoms with van der Waals surface area (Å²) in [4.78, 5) is 15.3. The van der Waals surface area contributed by atoms with E-state index in [4.69, 9.17) is 45.5 Å². The summed E-state index contributed by atoms with van der Waals surface area (Å²) in [7, 11) is -2.43. The first-order valence-corrected chi connectivity index (χ1v) is 22.1. The van der Waals surface area contributed by atoms with E-state index in [9.17, 15) is 0 Å². The number of aromatic nitrogens is 4. The zero-order valence-corrected chi connectivity index (χ0v) is 35.0. The predicted molar refractivity (Wildman–Crippen MR) is 218 cm³/mol. The van der Waals surface area contributed by atoms with Gasteiger partial charge in [0.1, 0.15) is 43.3 Å². The quantitative estimate of drug-likeness (QED) is 0.0711. The maximum atomic E-state index is 7.36. The summed E-state index contributed by atoms with van der Waals surface area (Å²) in [6.45, 7) is 22.4. The van der Waals surface area contributed by atoms with E-state index >= 15 is 0 Å². The molecule has 0 saturated carbocycles. The van der Waals surface area contributed by atoms with Crippen molar-refractivity contribution >= 4 is 36.3 Å². The van der Waals surface area contributed by atoms with E-state index in [1.165, 1.54) is 0 Å². The summed E-state index contributed by atoms with van der Waals surface area (Å²) >= 11 is 7.02. The van der Waals surface area contributed by atoms with E-state index in [1.807, 2.05) is 32.0 Å². The molecule has 286 valence electrons. The maximum absolute atomic E-state index is 7.36. The minimum Gasteiger partial charge on any atom is -0.358 e. The third-order valence-electron chi connectivity index (χ3n) is 11.7. The van der Waals surface area contributed by atoms with Gasteiger partial charge in [-0.1, -0.05) is 158 Å². The third kappa shape index (κ3) is 6.44.